The molecule has 5 aliphatic rings. The molecule has 2 heterocycles. The predicted molar refractivity (Wildman–Crippen MR) is 117 cm³/mol. The highest BCUT2D eigenvalue weighted by molar-refractivity contribution is 5.71. The van der Waals surface area contributed by atoms with Gasteiger partial charge in [-0.2, -0.15) is 0 Å². The van der Waals surface area contributed by atoms with Gasteiger partial charge in [0.15, 0.2) is 0 Å². The fourth-order valence-electron chi connectivity index (χ4n) is 5.53. The third kappa shape index (κ3) is 2.29. The Kier molecular flexibility index (Phi) is 3.15. The van der Waals surface area contributed by atoms with E-state index in [2.05, 4.69) is 89.9 Å². The lowest BCUT2D eigenvalue weighted by Crippen LogP contribution is -2.33. The highest BCUT2D eigenvalue weighted by Crippen LogP contribution is 2.50. The fourth-order valence-corrected chi connectivity index (χ4v) is 5.53. The van der Waals surface area contributed by atoms with Gasteiger partial charge in [0.2, 0.25) is 0 Å². The lowest BCUT2D eigenvalue weighted by Gasteiger charge is -2.32. The molecule has 0 saturated heterocycles. The molecule has 29 heavy (non-hydrogen) atoms. The normalized spacial score (nSPS) is 30.3. The molecular weight excluding hydrogens is 354 g/mol. The number of anilines is 1. The zero-order valence-corrected chi connectivity index (χ0v) is 16.2. The summed E-state index contributed by atoms with van der Waals surface area (Å²) in [7, 11) is 0. The first-order chi connectivity index (χ1) is 14.4. The summed E-state index contributed by atoms with van der Waals surface area (Å²) in [5, 5.41) is 0. The maximum atomic E-state index is 6.28. The Hall–Kier alpha value is -3.00. The number of ether oxygens (including phenoxy) is 1. The van der Waals surface area contributed by atoms with E-state index in [1.165, 1.54) is 40.9 Å². The third-order valence-electron chi connectivity index (χ3n) is 7.10. The first kappa shape index (κ1) is 15.9. The van der Waals surface area contributed by atoms with Gasteiger partial charge in [-0.3, -0.25) is 0 Å². The summed E-state index contributed by atoms with van der Waals surface area (Å²) in [6.07, 6.45) is 18.8. The van der Waals surface area contributed by atoms with E-state index in [0.29, 0.717) is 17.9 Å². The van der Waals surface area contributed by atoms with Crippen LogP contribution in [0.3, 0.4) is 0 Å². The molecule has 1 saturated carbocycles. The van der Waals surface area contributed by atoms with Crippen LogP contribution in [0.1, 0.15) is 47.3 Å². The van der Waals surface area contributed by atoms with Crippen LogP contribution in [-0.2, 0) is 0 Å². The molecule has 2 aromatic carbocycles. The van der Waals surface area contributed by atoms with Gasteiger partial charge in [-0.05, 0) is 60.2 Å². The van der Waals surface area contributed by atoms with Crippen molar-refractivity contribution in [2.75, 3.05) is 4.90 Å². The van der Waals surface area contributed by atoms with Gasteiger partial charge in [0, 0.05) is 28.8 Å². The largest absolute Gasteiger partial charge is 0.485 e. The lowest BCUT2D eigenvalue weighted by atomic mass is 9.88. The number of benzene rings is 2. The van der Waals surface area contributed by atoms with Gasteiger partial charge in [0.05, 0.1) is 6.04 Å². The lowest BCUT2D eigenvalue weighted by molar-refractivity contribution is 0.268. The minimum atomic E-state index is 0.124. The van der Waals surface area contributed by atoms with Gasteiger partial charge < -0.3 is 9.64 Å². The Balaban J connectivity index is 1.32. The highest BCUT2D eigenvalue weighted by atomic mass is 16.5. The number of rotatable bonds is 2. The van der Waals surface area contributed by atoms with Crippen molar-refractivity contribution < 1.29 is 4.74 Å². The van der Waals surface area contributed by atoms with Crippen LogP contribution in [0.4, 0.5) is 5.69 Å². The Morgan fingerprint density at radius 1 is 0.862 bits per heavy atom. The van der Waals surface area contributed by atoms with Crippen LogP contribution in [-0.4, -0.2) is 12.1 Å². The average molecular weight is 377 g/mol. The summed E-state index contributed by atoms with van der Waals surface area (Å²) in [4.78, 5) is 2.52. The number of nitrogens with zero attached hydrogens (tertiary/aromatic N) is 1. The van der Waals surface area contributed by atoms with E-state index in [-0.39, 0.29) is 6.10 Å². The van der Waals surface area contributed by atoms with Crippen LogP contribution >= 0.6 is 0 Å². The maximum absolute atomic E-state index is 6.28. The van der Waals surface area contributed by atoms with Crippen molar-refractivity contribution in [3.63, 3.8) is 0 Å². The van der Waals surface area contributed by atoms with Crippen LogP contribution in [0.2, 0.25) is 0 Å². The number of allylic oxidation sites excluding steroid dienone is 3. The monoisotopic (exact) mass is 377 g/mol. The first-order valence-corrected chi connectivity index (χ1v) is 10.8. The smallest absolute Gasteiger partial charge is 0.128 e. The summed E-state index contributed by atoms with van der Waals surface area (Å²) in [6.45, 7) is 0. The van der Waals surface area contributed by atoms with Crippen molar-refractivity contribution in [1.29, 1.82) is 0 Å². The second-order valence-electron chi connectivity index (χ2n) is 8.85. The molecule has 0 radical (unpaired) electrons. The molecule has 4 atom stereocenters. The standard InChI is InChI=1S/C27H23NO/c1-3-7-24-20(5-1)21-6-2-4-8-25(21)28(24)19-12-14-27-23(16-19)22-15-18(17-9-10-17)11-13-26(22)29-27/h1-8,11-17,20,23-24,27H,9-10H2/t20?,23?,24?,27-/m1/s1. The Morgan fingerprint density at radius 2 is 1.76 bits per heavy atom. The molecule has 1 fully saturated rings. The quantitative estimate of drug-likeness (QED) is 0.640. The van der Waals surface area contributed by atoms with Gasteiger partial charge in [0.25, 0.3) is 0 Å². The van der Waals surface area contributed by atoms with Gasteiger partial charge in [-0.15, -0.1) is 0 Å². The molecule has 0 amide bonds. The molecule has 2 aromatic rings. The van der Waals surface area contributed by atoms with E-state index >= 15 is 0 Å². The van der Waals surface area contributed by atoms with Crippen molar-refractivity contribution in [3.05, 3.63) is 107 Å². The second kappa shape index (κ2) is 5.76. The van der Waals surface area contributed by atoms with Crippen molar-refractivity contribution >= 4 is 5.69 Å². The maximum Gasteiger partial charge on any atom is 0.128 e. The average Bonchev–Trinajstić information content (AvgIpc) is 3.48. The van der Waals surface area contributed by atoms with Crippen LogP contribution in [0.15, 0.2) is 90.7 Å². The number of para-hydroxylation sites is 1. The van der Waals surface area contributed by atoms with Crippen LogP contribution in [0.5, 0.6) is 5.75 Å². The van der Waals surface area contributed by atoms with E-state index in [4.69, 9.17) is 4.74 Å². The molecule has 0 N–H and O–H groups in total. The Morgan fingerprint density at radius 3 is 2.69 bits per heavy atom. The molecule has 0 spiro atoms. The zero-order valence-electron chi connectivity index (χ0n) is 16.2. The van der Waals surface area contributed by atoms with Crippen LogP contribution < -0.4 is 9.64 Å². The second-order valence-corrected chi connectivity index (χ2v) is 8.85. The minimum Gasteiger partial charge on any atom is -0.485 e. The van der Waals surface area contributed by atoms with Gasteiger partial charge in [-0.1, -0.05) is 54.6 Å². The van der Waals surface area contributed by atoms with Gasteiger partial charge in [-0.25, -0.2) is 0 Å². The molecule has 0 bridgehead atoms. The molecule has 0 aromatic heterocycles. The van der Waals surface area contributed by atoms with Crippen molar-refractivity contribution in [3.8, 4) is 5.75 Å². The minimum absolute atomic E-state index is 0.124. The molecule has 3 aliphatic carbocycles. The Bertz CT molecular complexity index is 1130. The van der Waals surface area contributed by atoms with E-state index < -0.39 is 0 Å². The summed E-state index contributed by atoms with van der Waals surface area (Å²) in [6, 6.07) is 16.1. The SMILES string of the molecule is C1=CC2c3ccccc3N(C3=CC4c5cc(C6CC6)ccc5O[C@@H]4C=C3)C2C=C1. The predicted octanol–water partition coefficient (Wildman–Crippen LogP) is 5.96. The molecular formula is C27H23NO. The fraction of sp³-hybridized carbons (Fsp3) is 0.259. The highest BCUT2D eigenvalue weighted by Gasteiger charge is 2.40. The molecule has 142 valence electrons. The Labute approximate surface area is 171 Å². The first-order valence-electron chi connectivity index (χ1n) is 10.8. The number of hydrogen-bond acceptors (Lipinski definition) is 2. The van der Waals surface area contributed by atoms with E-state index in [1.807, 2.05) is 0 Å². The third-order valence-corrected chi connectivity index (χ3v) is 7.10. The summed E-state index contributed by atoms with van der Waals surface area (Å²) in [5.74, 6) is 2.56. The van der Waals surface area contributed by atoms with Crippen LogP contribution in [0, 0.1) is 0 Å². The van der Waals surface area contributed by atoms with Crippen molar-refractivity contribution in [2.24, 2.45) is 0 Å². The van der Waals surface area contributed by atoms with Crippen LogP contribution in [0.25, 0.3) is 0 Å². The van der Waals surface area contributed by atoms with E-state index in [0.717, 1.165) is 11.7 Å². The summed E-state index contributed by atoms with van der Waals surface area (Å²) >= 11 is 0. The molecule has 7 rings (SSSR count). The summed E-state index contributed by atoms with van der Waals surface area (Å²) in [5.41, 5.74) is 6.90. The molecule has 3 unspecified atom stereocenters. The molecule has 2 aliphatic heterocycles. The van der Waals surface area contributed by atoms with Gasteiger partial charge >= 0.3 is 0 Å². The topological polar surface area (TPSA) is 12.5 Å². The molecule has 2 nitrogen and oxygen atoms in total. The van der Waals surface area contributed by atoms with Crippen molar-refractivity contribution in [2.45, 2.75) is 42.7 Å². The van der Waals surface area contributed by atoms with E-state index in [9.17, 15) is 0 Å². The van der Waals surface area contributed by atoms with Gasteiger partial charge in [0.1, 0.15) is 11.9 Å². The number of fused-ring (bicyclic) bond motifs is 6. The molecule has 2 heteroatoms. The van der Waals surface area contributed by atoms with Crippen molar-refractivity contribution in [1.82, 2.24) is 0 Å². The number of hydrogen-bond donors (Lipinski definition) is 0. The zero-order chi connectivity index (χ0) is 18.9. The van der Waals surface area contributed by atoms with E-state index in [1.54, 1.807) is 0 Å². The summed E-state index contributed by atoms with van der Waals surface area (Å²) < 4.78 is 6.28.